The standard InChI is InChI=1S/C20H24N4O6S/c1-27-15-5-3-4-14(18(15)30-11-8-24-6-9-29-10-7-24)13-21-23-20-22-19(26)16(31-20)12-17(25)28-2/h3-5,12-13H,6-11H2,1-2H3,(H,22,23,26)/b16-12+,21-13?. The summed E-state index contributed by atoms with van der Waals surface area (Å²) >= 11 is 1.00. The molecular weight excluding hydrogens is 424 g/mol. The number of morpholine rings is 1. The Labute approximate surface area is 184 Å². The Bertz CT molecular complexity index is 896. The topological polar surface area (TPSA) is 111 Å². The second kappa shape index (κ2) is 11.5. The first-order valence-corrected chi connectivity index (χ1v) is 10.4. The Balaban J connectivity index is 1.66. The van der Waals surface area contributed by atoms with Crippen LogP contribution in [0.4, 0.5) is 0 Å². The van der Waals surface area contributed by atoms with Crippen LogP contribution in [0.2, 0.25) is 0 Å². The van der Waals surface area contributed by atoms with Crippen LogP contribution in [-0.2, 0) is 19.1 Å². The second-order valence-electron chi connectivity index (χ2n) is 6.42. The van der Waals surface area contributed by atoms with Crippen LogP contribution in [0.1, 0.15) is 5.56 Å². The third-order valence-corrected chi connectivity index (χ3v) is 5.33. The fourth-order valence-corrected chi connectivity index (χ4v) is 3.57. The first-order valence-electron chi connectivity index (χ1n) is 9.60. The van der Waals surface area contributed by atoms with Gasteiger partial charge in [0.05, 0.1) is 38.6 Å². The number of benzene rings is 1. The molecule has 2 saturated heterocycles. The largest absolute Gasteiger partial charge is 0.493 e. The average Bonchev–Trinajstić information content (AvgIpc) is 3.13. The Hall–Kier alpha value is -2.89. The van der Waals surface area contributed by atoms with E-state index in [9.17, 15) is 9.59 Å². The van der Waals surface area contributed by atoms with Gasteiger partial charge in [-0.3, -0.25) is 15.0 Å². The number of methoxy groups -OCH3 is 2. The van der Waals surface area contributed by atoms with E-state index >= 15 is 0 Å². The number of nitrogens with zero attached hydrogens (tertiary/aromatic N) is 3. The number of esters is 1. The molecule has 1 aromatic carbocycles. The predicted molar refractivity (Wildman–Crippen MR) is 117 cm³/mol. The van der Waals surface area contributed by atoms with Crippen LogP contribution < -0.4 is 14.8 Å². The van der Waals surface area contributed by atoms with E-state index in [-0.39, 0.29) is 10.1 Å². The maximum absolute atomic E-state index is 11.9. The molecule has 10 nitrogen and oxygen atoms in total. The minimum absolute atomic E-state index is 0.189. The molecule has 2 heterocycles. The number of ether oxygens (including phenoxy) is 4. The molecule has 0 aromatic heterocycles. The van der Waals surface area contributed by atoms with Crippen LogP contribution in [0, 0.1) is 0 Å². The number of para-hydroxylation sites is 1. The van der Waals surface area contributed by atoms with Crippen molar-refractivity contribution in [3.63, 3.8) is 0 Å². The summed E-state index contributed by atoms with van der Waals surface area (Å²) in [5.41, 5.74) is 0.685. The SMILES string of the molecule is COC(=O)/C=C1/S/C(=N\N=Cc2cccc(OC)c2OCCN2CCOCC2)NC1=O. The highest BCUT2D eigenvalue weighted by molar-refractivity contribution is 8.18. The van der Waals surface area contributed by atoms with Gasteiger partial charge in [-0.05, 0) is 23.9 Å². The molecule has 31 heavy (non-hydrogen) atoms. The lowest BCUT2D eigenvalue weighted by Gasteiger charge is -2.26. The predicted octanol–water partition coefficient (Wildman–Crippen LogP) is 1.02. The summed E-state index contributed by atoms with van der Waals surface area (Å²) in [6.45, 7) is 4.51. The van der Waals surface area contributed by atoms with Crippen molar-refractivity contribution in [3.8, 4) is 11.5 Å². The van der Waals surface area contributed by atoms with Gasteiger partial charge in [0.15, 0.2) is 16.7 Å². The molecule has 0 spiro atoms. The maximum atomic E-state index is 11.9. The van der Waals surface area contributed by atoms with Gasteiger partial charge in [-0.2, -0.15) is 5.10 Å². The van der Waals surface area contributed by atoms with E-state index in [0.29, 0.717) is 23.7 Å². The summed E-state index contributed by atoms with van der Waals surface area (Å²) in [6.07, 6.45) is 2.63. The third-order valence-electron chi connectivity index (χ3n) is 4.43. The first-order chi connectivity index (χ1) is 15.1. The zero-order chi connectivity index (χ0) is 22.1. The van der Waals surface area contributed by atoms with Gasteiger partial charge in [-0.1, -0.05) is 6.07 Å². The molecule has 2 aliphatic rings. The molecular formula is C20H24N4O6S. The molecule has 0 radical (unpaired) electrons. The summed E-state index contributed by atoms with van der Waals surface area (Å²) in [6, 6.07) is 5.47. The maximum Gasteiger partial charge on any atom is 0.331 e. The second-order valence-corrected chi connectivity index (χ2v) is 7.45. The summed E-state index contributed by atoms with van der Waals surface area (Å²) < 4.78 is 21.3. The van der Waals surface area contributed by atoms with Crippen LogP contribution in [0.15, 0.2) is 39.4 Å². The lowest BCUT2D eigenvalue weighted by molar-refractivity contribution is -0.135. The lowest BCUT2D eigenvalue weighted by Crippen LogP contribution is -2.38. The van der Waals surface area contributed by atoms with E-state index in [0.717, 1.165) is 50.7 Å². The molecule has 2 fully saturated rings. The number of nitrogens with one attached hydrogen (secondary N) is 1. The van der Waals surface area contributed by atoms with Crippen LogP contribution in [0.25, 0.3) is 0 Å². The summed E-state index contributed by atoms with van der Waals surface area (Å²) in [5, 5.41) is 10.9. The number of hydrogen-bond donors (Lipinski definition) is 1. The van der Waals surface area contributed by atoms with Gasteiger partial charge < -0.3 is 18.9 Å². The highest BCUT2D eigenvalue weighted by Gasteiger charge is 2.25. The van der Waals surface area contributed by atoms with Crippen molar-refractivity contribution >= 4 is 35.0 Å². The number of thioether (sulfide) groups is 1. The lowest BCUT2D eigenvalue weighted by atomic mass is 10.2. The molecule has 3 rings (SSSR count). The highest BCUT2D eigenvalue weighted by Crippen LogP contribution is 2.30. The monoisotopic (exact) mass is 448 g/mol. The van der Waals surface area contributed by atoms with Gasteiger partial charge in [-0.15, -0.1) is 5.10 Å². The van der Waals surface area contributed by atoms with Crippen LogP contribution >= 0.6 is 11.8 Å². The van der Waals surface area contributed by atoms with Crippen molar-refractivity contribution in [2.75, 3.05) is 53.7 Å². The van der Waals surface area contributed by atoms with E-state index < -0.39 is 11.9 Å². The van der Waals surface area contributed by atoms with Gasteiger partial charge in [0, 0.05) is 31.3 Å². The molecule has 166 valence electrons. The van der Waals surface area contributed by atoms with Crippen molar-refractivity contribution in [1.29, 1.82) is 0 Å². The van der Waals surface area contributed by atoms with Crippen LogP contribution in [0.3, 0.4) is 0 Å². The number of amides is 1. The summed E-state index contributed by atoms with van der Waals surface area (Å²) in [7, 11) is 2.82. The Morgan fingerprint density at radius 3 is 2.87 bits per heavy atom. The fraction of sp³-hybridized carbons (Fsp3) is 0.400. The zero-order valence-electron chi connectivity index (χ0n) is 17.3. The van der Waals surface area contributed by atoms with Crippen LogP contribution in [0.5, 0.6) is 11.5 Å². The van der Waals surface area contributed by atoms with E-state index in [1.165, 1.54) is 13.3 Å². The van der Waals surface area contributed by atoms with E-state index in [2.05, 4.69) is 25.2 Å². The quantitative estimate of drug-likeness (QED) is 0.272. The van der Waals surface area contributed by atoms with Gasteiger partial charge in [0.25, 0.3) is 5.91 Å². The van der Waals surface area contributed by atoms with Crippen molar-refractivity contribution in [2.24, 2.45) is 10.2 Å². The Morgan fingerprint density at radius 2 is 2.13 bits per heavy atom. The molecule has 1 amide bonds. The van der Waals surface area contributed by atoms with Gasteiger partial charge in [0.2, 0.25) is 0 Å². The molecule has 0 unspecified atom stereocenters. The van der Waals surface area contributed by atoms with Crippen molar-refractivity contribution < 1.29 is 28.5 Å². The number of carbonyl (C=O) groups excluding carboxylic acids is 2. The molecule has 0 bridgehead atoms. The normalized spacial score (nSPS) is 19.7. The molecule has 11 heteroatoms. The number of carbonyl (C=O) groups is 2. The third kappa shape index (κ3) is 6.54. The molecule has 0 saturated carbocycles. The van der Waals surface area contributed by atoms with Crippen molar-refractivity contribution in [3.05, 3.63) is 34.7 Å². The van der Waals surface area contributed by atoms with Crippen LogP contribution in [-0.4, -0.2) is 81.8 Å². The van der Waals surface area contributed by atoms with Crippen molar-refractivity contribution in [2.45, 2.75) is 0 Å². The van der Waals surface area contributed by atoms with Gasteiger partial charge in [-0.25, -0.2) is 4.79 Å². The fourth-order valence-electron chi connectivity index (χ4n) is 2.84. The van der Waals surface area contributed by atoms with E-state index in [1.54, 1.807) is 7.11 Å². The summed E-state index contributed by atoms with van der Waals surface area (Å²) in [5.74, 6) is 0.109. The molecule has 0 atom stereocenters. The average molecular weight is 449 g/mol. The van der Waals surface area contributed by atoms with E-state index in [4.69, 9.17) is 14.2 Å². The molecule has 1 aromatic rings. The smallest absolute Gasteiger partial charge is 0.331 e. The Morgan fingerprint density at radius 1 is 1.32 bits per heavy atom. The highest BCUT2D eigenvalue weighted by atomic mass is 32.2. The minimum atomic E-state index is -0.613. The van der Waals surface area contributed by atoms with E-state index in [1.807, 2.05) is 18.2 Å². The molecule has 1 N–H and O–H groups in total. The molecule has 2 aliphatic heterocycles. The van der Waals surface area contributed by atoms with Gasteiger partial charge >= 0.3 is 5.97 Å². The summed E-state index contributed by atoms with van der Waals surface area (Å²) in [4.78, 5) is 25.6. The van der Waals surface area contributed by atoms with Crippen molar-refractivity contribution in [1.82, 2.24) is 10.2 Å². The Kier molecular flexibility index (Phi) is 8.44. The number of amidine groups is 1. The zero-order valence-corrected chi connectivity index (χ0v) is 18.1. The molecule has 0 aliphatic carbocycles. The minimum Gasteiger partial charge on any atom is -0.493 e. The van der Waals surface area contributed by atoms with Gasteiger partial charge in [0.1, 0.15) is 6.61 Å². The number of rotatable bonds is 8. The number of hydrogen-bond acceptors (Lipinski definition) is 10. The first kappa shape index (κ1) is 22.8.